The van der Waals surface area contributed by atoms with Gasteiger partial charge in [0.2, 0.25) is 0 Å². The Morgan fingerprint density at radius 2 is 2.07 bits per heavy atom. The second-order valence-corrected chi connectivity index (χ2v) is 3.24. The van der Waals surface area contributed by atoms with Crippen LogP contribution in [0.4, 0.5) is 13.2 Å². The third-order valence-electron chi connectivity index (χ3n) is 1.88. The fourth-order valence-electron chi connectivity index (χ4n) is 1.23. The minimum absolute atomic E-state index is 0.0180. The third kappa shape index (κ3) is 2.72. The Morgan fingerprint density at radius 1 is 1.40 bits per heavy atom. The fourth-order valence-corrected chi connectivity index (χ4v) is 1.40. The smallest absolute Gasteiger partial charge is 0.264 e. The summed E-state index contributed by atoms with van der Waals surface area (Å²) in [6, 6.07) is 3.16. The predicted octanol–water partition coefficient (Wildman–Crippen LogP) is 3.57. The fraction of sp³-hybridized carbons (Fsp3) is 0.300. The Hall–Kier alpha value is -1.03. The summed E-state index contributed by atoms with van der Waals surface area (Å²) < 4.78 is 38.1. The lowest BCUT2D eigenvalue weighted by molar-refractivity contribution is 0.0970. The van der Waals surface area contributed by atoms with Crippen LogP contribution in [-0.4, -0.2) is 11.7 Å². The topological polar surface area (TPSA) is 17.1 Å². The molecular formula is C10H8ClF3O. The van der Waals surface area contributed by atoms with E-state index in [9.17, 15) is 18.0 Å². The maximum absolute atomic E-state index is 13.2. The molecule has 0 bridgehead atoms. The Morgan fingerprint density at radius 3 is 2.60 bits per heavy atom. The lowest BCUT2D eigenvalue weighted by Gasteiger charge is -2.07. The molecule has 0 aliphatic rings. The first-order valence-corrected chi connectivity index (χ1v) is 4.77. The summed E-state index contributed by atoms with van der Waals surface area (Å²) in [4.78, 5) is 11.3. The first kappa shape index (κ1) is 12.0. The molecule has 0 aliphatic carbocycles. The van der Waals surface area contributed by atoms with Crippen LogP contribution in [0.2, 0.25) is 0 Å². The molecule has 82 valence electrons. The van der Waals surface area contributed by atoms with E-state index in [1.807, 2.05) is 0 Å². The zero-order valence-electron chi connectivity index (χ0n) is 7.64. The molecule has 1 nitrogen and oxygen atoms in total. The van der Waals surface area contributed by atoms with Crippen LogP contribution in [0.25, 0.3) is 0 Å². The zero-order valence-corrected chi connectivity index (χ0v) is 8.40. The van der Waals surface area contributed by atoms with E-state index >= 15 is 0 Å². The first-order chi connectivity index (χ1) is 7.07. The highest BCUT2D eigenvalue weighted by Gasteiger charge is 2.21. The maximum Gasteiger partial charge on any atom is 0.264 e. The van der Waals surface area contributed by atoms with Crippen molar-refractivity contribution in [3.05, 3.63) is 35.1 Å². The second-order valence-electron chi connectivity index (χ2n) is 2.87. The van der Waals surface area contributed by atoms with Crippen molar-refractivity contribution in [1.29, 1.82) is 0 Å². The summed E-state index contributed by atoms with van der Waals surface area (Å²) >= 11 is 5.30. The van der Waals surface area contributed by atoms with Crippen molar-refractivity contribution in [2.75, 3.05) is 5.88 Å². The zero-order chi connectivity index (χ0) is 11.4. The third-order valence-corrected chi connectivity index (χ3v) is 2.07. The molecule has 1 aromatic rings. The molecule has 0 aliphatic heterocycles. The number of benzene rings is 1. The molecule has 0 saturated carbocycles. The Bertz CT molecular complexity index is 366. The molecule has 5 heteroatoms. The summed E-state index contributed by atoms with van der Waals surface area (Å²) in [7, 11) is 0. The standard InChI is InChI=1S/C10H8ClF3O/c11-5-4-8(15)9-6(10(13)14)2-1-3-7(9)12/h1-3,10H,4-5H2. The van der Waals surface area contributed by atoms with Gasteiger partial charge in [-0.15, -0.1) is 11.6 Å². The summed E-state index contributed by atoms with van der Waals surface area (Å²) in [6.07, 6.45) is -3.02. The summed E-state index contributed by atoms with van der Waals surface area (Å²) in [5.74, 6) is -1.64. The van der Waals surface area contributed by atoms with Gasteiger partial charge in [0.1, 0.15) is 5.82 Å². The monoisotopic (exact) mass is 236 g/mol. The molecule has 0 amide bonds. The average Bonchev–Trinajstić information content (AvgIpc) is 2.17. The molecule has 0 fully saturated rings. The highest BCUT2D eigenvalue weighted by Crippen LogP contribution is 2.25. The van der Waals surface area contributed by atoms with Crippen molar-refractivity contribution in [2.24, 2.45) is 0 Å². The molecule has 0 radical (unpaired) electrons. The number of carbonyl (C=O) groups is 1. The van der Waals surface area contributed by atoms with E-state index in [4.69, 9.17) is 11.6 Å². The van der Waals surface area contributed by atoms with E-state index in [1.165, 1.54) is 0 Å². The van der Waals surface area contributed by atoms with Crippen molar-refractivity contribution in [2.45, 2.75) is 12.8 Å². The molecule has 0 aromatic heterocycles. The van der Waals surface area contributed by atoms with Crippen molar-refractivity contribution in [1.82, 2.24) is 0 Å². The molecule has 0 unspecified atom stereocenters. The van der Waals surface area contributed by atoms with Gasteiger partial charge in [-0.1, -0.05) is 12.1 Å². The van der Waals surface area contributed by atoms with E-state index in [2.05, 4.69) is 0 Å². The second kappa shape index (κ2) is 5.16. The van der Waals surface area contributed by atoms with Crippen molar-refractivity contribution in [3.63, 3.8) is 0 Å². The molecule has 0 heterocycles. The summed E-state index contributed by atoms with van der Waals surface area (Å²) in [5, 5.41) is 0. The molecule has 0 atom stereocenters. The molecule has 0 N–H and O–H groups in total. The van der Waals surface area contributed by atoms with Crippen LogP contribution < -0.4 is 0 Å². The van der Waals surface area contributed by atoms with E-state index in [-0.39, 0.29) is 12.3 Å². The van der Waals surface area contributed by atoms with Crippen molar-refractivity contribution < 1.29 is 18.0 Å². The Kier molecular flexibility index (Phi) is 4.15. The number of ketones is 1. The SMILES string of the molecule is O=C(CCCl)c1c(F)cccc1C(F)F. The summed E-state index contributed by atoms with van der Waals surface area (Å²) in [6.45, 7) is 0. The van der Waals surface area contributed by atoms with Crippen LogP contribution in [0.15, 0.2) is 18.2 Å². The highest BCUT2D eigenvalue weighted by molar-refractivity contribution is 6.19. The number of Topliss-reactive ketones (excluding diaryl/α,β-unsaturated/α-hetero) is 1. The Labute approximate surface area is 89.9 Å². The number of carbonyl (C=O) groups excluding carboxylic acids is 1. The lowest BCUT2D eigenvalue weighted by atomic mass is 10.0. The van der Waals surface area contributed by atoms with E-state index in [1.54, 1.807) is 0 Å². The molecule has 0 saturated heterocycles. The predicted molar refractivity (Wildman–Crippen MR) is 51.0 cm³/mol. The van der Waals surface area contributed by atoms with Gasteiger partial charge >= 0.3 is 0 Å². The molecule has 0 spiro atoms. The molecule has 15 heavy (non-hydrogen) atoms. The number of hydrogen-bond donors (Lipinski definition) is 0. The van der Waals surface area contributed by atoms with Crippen LogP contribution in [0.1, 0.15) is 28.8 Å². The number of rotatable bonds is 4. The average molecular weight is 237 g/mol. The lowest BCUT2D eigenvalue weighted by Crippen LogP contribution is -2.08. The van der Waals surface area contributed by atoms with Gasteiger partial charge in [0.05, 0.1) is 5.56 Å². The van der Waals surface area contributed by atoms with Crippen molar-refractivity contribution in [3.8, 4) is 0 Å². The quantitative estimate of drug-likeness (QED) is 0.577. The van der Waals surface area contributed by atoms with Gasteiger partial charge in [0.25, 0.3) is 6.43 Å². The van der Waals surface area contributed by atoms with Gasteiger partial charge in [-0.2, -0.15) is 0 Å². The molecule has 1 rings (SSSR count). The molecular weight excluding hydrogens is 229 g/mol. The maximum atomic E-state index is 13.2. The number of hydrogen-bond acceptors (Lipinski definition) is 1. The first-order valence-electron chi connectivity index (χ1n) is 4.23. The number of halogens is 4. The number of alkyl halides is 3. The minimum Gasteiger partial charge on any atom is -0.294 e. The van der Waals surface area contributed by atoms with Crippen LogP contribution >= 0.6 is 11.6 Å². The van der Waals surface area contributed by atoms with Crippen LogP contribution in [0, 0.1) is 5.82 Å². The van der Waals surface area contributed by atoms with Crippen molar-refractivity contribution >= 4 is 17.4 Å². The van der Waals surface area contributed by atoms with Gasteiger partial charge in [-0.3, -0.25) is 4.79 Å². The van der Waals surface area contributed by atoms with Crippen LogP contribution in [0.5, 0.6) is 0 Å². The van der Waals surface area contributed by atoms with Gasteiger partial charge in [0, 0.05) is 17.9 Å². The molecule has 1 aromatic carbocycles. The van der Waals surface area contributed by atoms with Crippen LogP contribution in [-0.2, 0) is 0 Å². The van der Waals surface area contributed by atoms with Gasteiger partial charge in [-0.25, -0.2) is 13.2 Å². The highest BCUT2D eigenvalue weighted by atomic mass is 35.5. The summed E-state index contributed by atoms with van der Waals surface area (Å²) in [5.41, 5.74) is -1.13. The largest absolute Gasteiger partial charge is 0.294 e. The van der Waals surface area contributed by atoms with E-state index in [0.29, 0.717) is 0 Å². The van der Waals surface area contributed by atoms with Gasteiger partial charge in [-0.05, 0) is 6.07 Å². The van der Waals surface area contributed by atoms with Gasteiger partial charge in [0.15, 0.2) is 5.78 Å². The van der Waals surface area contributed by atoms with E-state index < -0.39 is 29.2 Å². The Balaban J connectivity index is 3.18. The minimum atomic E-state index is -2.87. The van der Waals surface area contributed by atoms with Crippen LogP contribution in [0.3, 0.4) is 0 Å². The van der Waals surface area contributed by atoms with Gasteiger partial charge < -0.3 is 0 Å². The van der Waals surface area contributed by atoms with E-state index in [0.717, 1.165) is 18.2 Å². The normalized spacial score (nSPS) is 10.7.